The summed E-state index contributed by atoms with van der Waals surface area (Å²) in [7, 11) is 0. The normalized spacial score (nSPS) is 16.6. The number of benzene rings is 8. The Balaban J connectivity index is 0.981. The zero-order chi connectivity index (χ0) is 40.9. The molecule has 0 saturated carbocycles. The van der Waals surface area contributed by atoms with E-state index in [0.717, 1.165) is 59.5 Å². The van der Waals surface area contributed by atoms with Gasteiger partial charge in [0.15, 0.2) is 0 Å². The molecule has 0 fully saturated rings. The van der Waals surface area contributed by atoms with E-state index in [2.05, 4.69) is 215 Å². The molecule has 1 aliphatic heterocycles. The van der Waals surface area contributed by atoms with Crippen LogP contribution in [0.1, 0.15) is 11.5 Å². The third kappa shape index (κ3) is 5.31. The fraction of sp³-hybridized carbons (Fsp3) is 0.0357. The molecule has 0 radical (unpaired) electrons. The second kappa shape index (κ2) is 13.9. The van der Waals surface area contributed by atoms with Gasteiger partial charge >= 0.3 is 223 Å². The second-order valence-electron chi connectivity index (χ2n) is 16.0. The molecule has 2 unspecified atom stereocenters. The van der Waals surface area contributed by atoms with E-state index in [1.165, 1.54) is 38.3 Å². The number of rotatable bonds is 4. The molecule has 2 aliphatic carbocycles. The summed E-state index contributed by atoms with van der Waals surface area (Å²) in [5.41, 5.74) is 11.0. The second-order valence-corrected chi connectivity index (χ2v) is 17.0. The van der Waals surface area contributed by atoms with Gasteiger partial charge in [-0.2, -0.15) is 0 Å². The number of imidazole rings is 1. The quantitative estimate of drug-likeness (QED) is 0.128. The number of allylic oxidation sites excluding steroid dienone is 8. The van der Waals surface area contributed by atoms with Gasteiger partial charge in [0.25, 0.3) is 0 Å². The molecule has 2 atom stereocenters. The molecular weight excluding hydrogens is 940 g/mol. The van der Waals surface area contributed by atoms with Crippen molar-refractivity contribution >= 4 is 65.9 Å². The summed E-state index contributed by atoms with van der Waals surface area (Å²) in [6.45, 7) is 0. The first-order valence-corrected chi connectivity index (χ1v) is 22.0. The van der Waals surface area contributed by atoms with Crippen LogP contribution in [0.2, 0.25) is 0 Å². The van der Waals surface area contributed by atoms with E-state index >= 15 is 0 Å². The van der Waals surface area contributed by atoms with E-state index in [1.54, 1.807) is 0 Å². The number of para-hydroxylation sites is 4. The SMILES string of the molecule is [Pt]=[c]1n(-c2[c-]c(Oc3[c-]c4c(cc3)c3ccccc3n4C3=Nc4ccc5ccc6ccccc6c5c4C4C3=CC=C3C=CC=CC34)ccc2)c2ccccc2n1-c1ccccc1. The Morgan fingerprint density at radius 3 is 2.19 bits per heavy atom. The van der Waals surface area contributed by atoms with Crippen LogP contribution >= 0.6 is 0 Å². The summed E-state index contributed by atoms with van der Waals surface area (Å²) in [6, 6.07) is 62.9. The van der Waals surface area contributed by atoms with E-state index in [9.17, 15) is 0 Å². The Labute approximate surface area is 368 Å². The zero-order valence-electron chi connectivity index (χ0n) is 33.1. The first-order chi connectivity index (χ1) is 30.7. The van der Waals surface area contributed by atoms with Gasteiger partial charge < -0.3 is 0 Å². The van der Waals surface area contributed by atoms with Crippen LogP contribution in [0, 0.1) is 21.9 Å². The average Bonchev–Trinajstić information content (AvgIpc) is 3.81. The van der Waals surface area contributed by atoms with Crippen molar-refractivity contribution in [3.8, 4) is 22.9 Å². The third-order valence-electron chi connectivity index (χ3n) is 12.7. The molecule has 13 rings (SSSR count). The summed E-state index contributed by atoms with van der Waals surface area (Å²) in [5, 5.41) is 7.24. The van der Waals surface area contributed by atoms with Gasteiger partial charge in [-0.3, -0.25) is 0 Å². The summed E-state index contributed by atoms with van der Waals surface area (Å²) in [6.07, 6.45) is 13.6. The molecule has 6 heteroatoms. The fourth-order valence-electron chi connectivity index (χ4n) is 10.0. The van der Waals surface area contributed by atoms with Crippen molar-refractivity contribution in [1.29, 1.82) is 0 Å². The summed E-state index contributed by atoms with van der Waals surface area (Å²) in [5.74, 6) is 2.33. The van der Waals surface area contributed by atoms with Gasteiger partial charge in [-0.25, -0.2) is 0 Å². The first kappa shape index (κ1) is 35.4. The average molecular weight is 974 g/mol. The summed E-state index contributed by atoms with van der Waals surface area (Å²) in [4.78, 5) is 5.65. The topological polar surface area (TPSA) is 36.4 Å². The monoisotopic (exact) mass is 973 g/mol. The molecule has 8 aromatic carbocycles. The molecule has 0 spiro atoms. The summed E-state index contributed by atoms with van der Waals surface area (Å²) < 4.78 is 14.6. The van der Waals surface area contributed by atoms with E-state index in [-0.39, 0.29) is 11.8 Å². The van der Waals surface area contributed by atoms with Crippen LogP contribution in [0.4, 0.5) is 5.69 Å². The van der Waals surface area contributed by atoms with Crippen molar-refractivity contribution in [2.24, 2.45) is 10.9 Å². The van der Waals surface area contributed by atoms with Crippen LogP contribution in [0.3, 0.4) is 0 Å². The first-order valence-electron chi connectivity index (χ1n) is 20.9. The molecule has 296 valence electrons. The zero-order valence-corrected chi connectivity index (χ0v) is 35.4. The maximum atomic E-state index is 6.73. The molecule has 0 bridgehead atoms. The molecule has 0 saturated heterocycles. The van der Waals surface area contributed by atoms with E-state index < -0.39 is 0 Å². The number of nitrogens with zero attached hydrogens (tertiary/aromatic N) is 4. The fourth-order valence-corrected chi connectivity index (χ4v) is 11.1. The Morgan fingerprint density at radius 2 is 1.31 bits per heavy atom. The number of aliphatic imine (C=N–C) groups is 1. The van der Waals surface area contributed by atoms with E-state index in [0.29, 0.717) is 11.5 Å². The van der Waals surface area contributed by atoms with E-state index in [1.807, 2.05) is 24.3 Å². The predicted molar refractivity (Wildman–Crippen MR) is 248 cm³/mol. The minimum atomic E-state index is 0.0503. The van der Waals surface area contributed by atoms with Crippen molar-refractivity contribution in [1.82, 2.24) is 13.7 Å². The van der Waals surface area contributed by atoms with Crippen molar-refractivity contribution < 1.29 is 24.1 Å². The van der Waals surface area contributed by atoms with Gasteiger partial charge in [0.05, 0.1) is 5.69 Å². The molecule has 2 aromatic heterocycles. The number of aromatic nitrogens is 3. The minimum absolute atomic E-state index is 0.0503. The Hall–Kier alpha value is -7.33. The van der Waals surface area contributed by atoms with Crippen LogP contribution in [0.25, 0.3) is 65.8 Å². The number of hydrogen-bond acceptors (Lipinski definition) is 2. The Morgan fingerprint density at radius 1 is 0.565 bits per heavy atom. The van der Waals surface area contributed by atoms with Crippen LogP contribution < -0.4 is 4.74 Å². The van der Waals surface area contributed by atoms with Crippen molar-refractivity contribution in [3.05, 3.63) is 227 Å². The predicted octanol–water partition coefficient (Wildman–Crippen LogP) is 13.6. The van der Waals surface area contributed by atoms with Gasteiger partial charge in [-0.05, 0) is 38.7 Å². The molecular formula is C56H34N4OPt-2. The van der Waals surface area contributed by atoms with Gasteiger partial charge in [-0.1, -0.05) is 91.1 Å². The molecule has 3 aliphatic rings. The standard InChI is InChI=1S/C56H34N4O.Pt/c1-2-15-39(16-3-1)58-35-59(51-24-11-10-23-50(51)58)40-17-12-18-41(33-40)61-42-29-31-46-45-21-8-9-22-49(45)60(52(46)34-42)56-47-30-27-37-14-5-7-20-44(37)54(47)55-48(57-56)32-28-38-26-25-36-13-4-6-19-43(36)53(38)55;/h1-32,44,54H;/q-2;. The molecule has 10 aromatic rings. The maximum absolute atomic E-state index is 6.73. The van der Waals surface area contributed by atoms with Crippen LogP contribution in [0.15, 0.2) is 210 Å². The van der Waals surface area contributed by atoms with Gasteiger partial charge in [-0.15, -0.1) is 0 Å². The van der Waals surface area contributed by atoms with Crippen molar-refractivity contribution in [3.63, 3.8) is 0 Å². The Bertz CT molecular complexity index is 3760. The summed E-state index contributed by atoms with van der Waals surface area (Å²) >= 11 is 2.42. The number of fused-ring (bicyclic) bond motifs is 13. The molecule has 0 amide bonds. The molecule has 0 N–H and O–H groups in total. The molecule has 3 heterocycles. The number of ether oxygens (including phenoxy) is 1. The molecule has 5 nitrogen and oxygen atoms in total. The third-order valence-corrected chi connectivity index (χ3v) is 13.7. The molecule has 62 heavy (non-hydrogen) atoms. The van der Waals surface area contributed by atoms with Crippen LogP contribution in [0.5, 0.6) is 11.5 Å². The van der Waals surface area contributed by atoms with Gasteiger partial charge in [0, 0.05) is 11.8 Å². The van der Waals surface area contributed by atoms with Crippen molar-refractivity contribution in [2.45, 2.75) is 5.92 Å². The van der Waals surface area contributed by atoms with Crippen molar-refractivity contribution in [2.75, 3.05) is 0 Å². The van der Waals surface area contributed by atoms with Gasteiger partial charge in [0.1, 0.15) is 0 Å². The van der Waals surface area contributed by atoms with Crippen LogP contribution in [-0.2, 0) is 19.4 Å². The van der Waals surface area contributed by atoms with E-state index in [4.69, 9.17) is 9.73 Å². The van der Waals surface area contributed by atoms with Crippen LogP contribution in [-0.4, -0.2) is 19.5 Å². The number of hydrogen-bond donors (Lipinski definition) is 0. The van der Waals surface area contributed by atoms with Gasteiger partial charge in [0.2, 0.25) is 0 Å². The Kier molecular flexibility index (Phi) is 7.92.